The van der Waals surface area contributed by atoms with Gasteiger partial charge in [-0.25, -0.2) is 0 Å². The number of unbranched alkanes of at least 4 members (excludes halogenated alkanes) is 1. The summed E-state index contributed by atoms with van der Waals surface area (Å²) < 4.78 is 10.9. The Morgan fingerprint density at radius 1 is 1.29 bits per heavy atom. The number of nitro benzene ring substituents is 1. The number of nitrogens with one attached hydrogen (secondary N) is 1. The highest BCUT2D eigenvalue weighted by atomic mass is 79.9. The van der Waals surface area contributed by atoms with Gasteiger partial charge in [0.2, 0.25) is 0 Å². The number of ether oxygens (including phenoxy) is 2. The molecule has 0 aliphatic carbocycles. The van der Waals surface area contributed by atoms with Crippen molar-refractivity contribution >= 4 is 21.6 Å². The van der Waals surface area contributed by atoms with Crippen molar-refractivity contribution in [2.24, 2.45) is 0 Å². The Bertz CT molecular complexity index is 443. The summed E-state index contributed by atoms with van der Waals surface area (Å²) in [5.41, 5.74) is 0.833. The molecule has 0 amide bonds. The number of nitrogens with zero attached hydrogens (tertiary/aromatic N) is 1. The third-order valence-electron chi connectivity index (χ3n) is 2.88. The van der Waals surface area contributed by atoms with Crippen molar-refractivity contribution in [3.8, 4) is 0 Å². The average Bonchev–Trinajstić information content (AvgIpc) is 2.46. The number of halogens is 1. The second-order valence-corrected chi connectivity index (χ2v) is 5.43. The zero-order valence-electron chi connectivity index (χ0n) is 12.1. The average molecular weight is 361 g/mol. The molecule has 0 spiro atoms. The van der Waals surface area contributed by atoms with Crippen LogP contribution < -0.4 is 5.32 Å². The van der Waals surface area contributed by atoms with Gasteiger partial charge >= 0.3 is 0 Å². The maximum Gasteiger partial charge on any atom is 0.275 e. The maximum atomic E-state index is 11.0. The molecule has 118 valence electrons. The molecule has 0 bridgehead atoms. The zero-order valence-corrected chi connectivity index (χ0v) is 13.7. The summed E-state index contributed by atoms with van der Waals surface area (Å²) in [6.45, 7) is 3.25. The van der Waals surface area contributed by atoms with E-state index in [9.17, 15) is 10.1 Å². The molecule has 1 rings (SSSR count). The van der Waals surface area contributed by atoms with Gasteiger partial charge in [-0.05, 0) is 31.5 Å². The second kappa shape index (κ2) is 10.7. The van der Waals surface area contributed by atoms with E-state index in [1.807, 2.05) is 6.07 Å². The van der Waals surface area contributed by atoms with Gasteiger partial charge in [-0.2, -0.15) is 0 Å². The second-order valence-electron chi connectivity index (χ2n) is 4.52. The van der Waals surface area contributed by atoms with E-state index in [0.717, 1.165) is 19.4 Å². The van der Waals surface area contributed by atoms with Gasteiger partial charge < -0.3 is 14.8 Å². The van der Waals surface area contributed by atoms with Gasteiger partial charge in [0, 0.05) is 36.4 Å². The van der Waals surface area contributed by atoms with E-state index in [-0.39, 0.29) is 10.6 Å². The molecule has 21 heavy (non-hydrogen) atoms. The first-order valence-electron chi connectivity index (χ1n) is 6.85. The standard InChI is InChI=1S/C14H21BrN2O4/c1-20-8-9-21-7-3-2-6-16-11-12-4-5-13(15)10-14(12)17(18)19/h4-5,10,16H,2-3,6-9,11H2,1H3. The Kier molecular flexibility index (Phi) is 9.16. The Morgan fingerprint density at radius 3 is 2.81 bits per heavy atom. The maximum absolute atomic E-state index is 11.0. The predicted octanol–water partition coefficient (Wildman–Crippen LogP) is 2.89. The van der Waals surface area contributed by atoms with E-state index in [1.165, 1.54) is 6.07 Å². The van der Waals surface area contributed by atoms with Crippen molar-refractivity contribution in [1.29, 1.82) is 0 Å². The number of hydrogen-bond donors (Lipinski definition) is 1. The predicted molar refractivity (Wildman–Crippen MR) is 84.4 cm³/mol. The molecule has 1 aromatic carbocycles. The van der Waals surface area contributed by atoms with Crippen molar-refractivity contribution in [3.05, 3.63) is 38.3 Å². The lowest BCUT2D eigenvalue weighted by molar-refractivity contribution is -0.385. The fraction of sp³-hybridized carbons (Fsp3) is 0.571. The van der Waals surface area contributed by atoms with E-state index >= 15 is 0 Å². The Labute approximate surface area is 133 Å². The van der Waals surface area contributed by atoms with Gasteiger partial charge in [0.25, 0.3) is 5.69 Å². The summed E-state index contributed by atoms with van der Waals surface area (Å²) in [5.74, 6) is 0. The van der Waals surface area contributed by atoms with Crippen molar-refractivity contribution in [1.82, 2.24) is 5.32 Å². The molecule has 0 atom stereocenters. The molecule has 6 nitrogen and oxygen atoms in total. The zero-order chi connectivity index (χ0) is 15.5. The van der Waals surface area contributed by atoms with Gasteiger partial charge in [0.15, 0.2) is 0 Å². The third kappa shape index (κ3) is 7.52. The molecule has 1 N–H and O–H groups in total. The lowest BCUT2D eigenvalue weighted by Gasteiger charge is -2.07. The number of methoxy groups -OCH3 is 1. The first kappa shape index (κ1) is 18.0. The molecule has 0 fully saturated rings. The van der Waals surface area contributed by atoms with E-state index < -0.39 is 0 Å². The normalized spacial score (nSPS) is 10.8. The van der Waals surface area contributed by atoms with Gasteiger partial charge in [-0.1, -0.05) is 15.9 Å². The number of hydrogen-bond acceptors (Lipinski definition) is 5. The molecular formula is C14H21BrN2O4. The fourth-order valence-electron chi connectivity index (χ4n) is 1.78. The van der Waals surface area contributed by atoms with Crippen LogP contribution in [0.5, 0.6) is 0 Å². The van der Waals surface area contributed by atoms with Gasteiger partial charge in [0.05, 0.1) is 18.1 Å². The molecule has 0 unspecified atom stereocenters. The molecule has 1 aromatic rings. The summed E-state index contributed by atoms with van der Waals surface area (Å²) in [5, 5.41) is 14.2. The first-order chi connectivity index (χ1) is 10.1. The lowest BCUT2D eigenvalue weighted by Crippen LogP contribution is -2.16. The summed E-state index contributed by atoms with van der Waals surface area (Å²) in [4.78, 5) is 10.6. The summed E-state index contributed by atoms with van der Waals surface area (Å²) >= 11 is 3.25. The highest BCUT2D eigenvalue weighted by molar-refractivity contribution is 9.10. The van der Waals surface area contributed by atoms with Crippen LogP contribution in [-0.4, -0.2) is 38.4 Å². The molecule has 0 saturated carbocycles. The van der Waals surface area contributed by atoms with Crippen LogP contribution in [0.15, 0.2) is 22.7 Å². The third-order valence-corrected chi connectivity index (χ3v) is 3.38. The molecule has 0 aliphatic rings. The minimum absolute atomic E-state index is 0.139. The van der Waals surface area contributed by atoms with Crippen LogP contribution in [0.4, 0.5) is 5.69 Å². The smallest absolute Gasteiger partial charge is 0.275 e. The van der Waals surface area contributed by atoms with Crippen LogP contribution in [-0.2, 0) is 16.0 Å². The SMILES string of the molecule is COCCOCCCCNCc1ccc(Br)cc1[N+](=O)[O-]. The van der Waals surface area contributed by atoms with Gasteiger partial charge in [-0.3, -0.25) is 10.1 Å². The van der Waals surface area contributed by atoms with Crippen LogP contribution in [0.1, 0.15) is 18.4 Å². The topological polar surface area (TPSA) is 73.6 Å². The molecular weight excluding hydrogens is 340 g/mol. The molecule has 0 aromatic heterocycles. The lowest BCUT2D eigenvalue weighted by atomic mass is 10.2. The number of rotatable bonds is 11. The van der Waals surface area contributed by atoms with E-state index in [2.05, 4.69) is 21.2 Å². The van der Waals surface area contributed by atoms with Crippen LogP contribution in [0.3, 0.4) is 0 Å². The van der Waals surface area contributed by atoms with Crippen molar-refractivity contribution in [2.45, 2.75) is 19.4 Å². The van der Waals surface area contributed by atoms with Crippen LogP contribution in [0.2, 0.25) is 0 Å². The van der Waals surface area contributed by atoms with Crippen LogP contribution >= 0.6 is 15.9 Å². The van der Waals surface area contributed by atoms with Crippen LogP contribution in [0, 0.1) is 10.1 Å². The largest absolute Gasteiger partial charge is 0.382 e. The van der Waals surface area contributed by atoms with Crippen molar-refractivity contribution in [2.75, 3.05) is 33.5 Å². The Morgan fingerprint density at radius 2 is 2.10 bits per heavy atom. The molecule has 0 saturated heterocycles. The monoisotopic (exact) mass is 360 g/mol. The molecule has 0 heterocycles. The van der Waals surface area contributed by atoms with Crippen LogP contribution in [0.25, 0.3) is 0 Å². The highest BCUT2D eigenvalue weighted by Gasteiger charge is 2.13. The van der Waals surface area contributed by atoms with E-state index in [4.69, 9.17) is 9.47 Å². The first-order valence-corrected chi connectivity index (χ1v) is 7.64. The summed E-state index contributed by atoms with van der Waals surface area (Å²) in [6, 6.07) is 5.11. The number of nitro groups is 1. The minimum atomic E-state index is -0.356. The van der Waals surface area contributed by atoms with E-state index in [1.54, 1.807) is 13.2 Å². The highest BCUT2D eigenvalue weighted by Crippen LogP contribution is 2.23. The summed E-state index contributed by atoms with van der Waals surface area (Å²) in [6.07, 6.45) is 1.93. The Hall–Kier alpha value is -1.02. The molecule has 0 radical (unpaired) electrons. The van der Waals surface area contributed by atoms with Gasteiger partial charge in [0.1, 0.15) is 0 Å². The number of benzene rings is 1. The minimum Gasteiger partial charge on any atom is -0.382 e. The molecule has 7 heteroatoms. The quantitative estimate of drug-likeness (QED) is 0.373. The van der Waals surface area contributed by atoms with Gasteiger partial charge in [-0.15, -0.1) is 0 Å². The van der Waals surface area contributed by atoms with Crippen molar-refractivity contribution < 1.29 is 14.4 Å². The summed E-state index contributed by atoms with van der Waals surface area (Å²) in [7, 11) is 1.65. The molecule has 0 aliphatic heterocycles. The van der Waals surface area contributed by atoms with Crippen molar-refractivity contribution in [3.63, 3.8) is 0 Å². The van der Waals surface area contributed by atoms with E-state index in [0.29, 0.717) is 36.4 Å². The fourth-order valence-corrected chi connectivity index (χ4v) is 2.13. The Balaban J connectivity index is 2.20.